The molecule has 11 nitrogen and oxygen atoms in total. The molecule has 2 aliphatic carbocycles. The molecule has 4 amide bonds. The molecule has 0 radical (unpaired) electrons. The Labute approximate surface area is 378 Å². The molecule has 65 heavy (non-hydrogen) atoms. The zero-order valence-corrected chi connectivity index (χ0v) is 35.8. The number of ether oxygens (including phenoxy) is 2. The summed E-state index contributed by atoms with van der Waals surface area (Å²) in [6, 6.07) is 22.6. The number of aromatic nitrogens is 1. The Kier molecular flexibility index (Phi) is 11.0. The largest absolute Gasteiger partial charge is 0.505 e. The minimum atomic E-state index is -4.80. The molecule has 2 saturated heterocycles. The Bertz CT molecular complexity index is 2860. The molecule has 4 aromatic carbocycles. The maximum absolute atomic E-state index is 15.5. The lowest BCUT2D eigenvalue weighted by Crippen LogP contribution is -2.53. The van der Waals surface area contributed by atoms with E-state index in [0.717, 1.165) is 22.1 Å². The third-order valence-corrected chi connectivity index (χ3v) is 13.5. The molecule has 332 valence electrons. The van der Waals surface area contributed by atoms with Crippen LogP contribution >= 0.6 is 23.2 Å². The van der Waals surface area contributed by atoms with Gasteiger partial charge in [-0.15, -0.1) is 0 Å². The van der Waals surface area contributed by atoms with Gasteiger partial charge in [0.2, 0.25) is 11.8 Å². The van der Waals surface area contributed by atoms with Crippen LogP contribution in [-0.4, -0.2) is 52.9 Å². The molecule has 5 aromatic rings. The second kappa shape index (κ2) is 16.4. The van der Waals surface area contributed by atoms with Gasteiger partial charge < -0.3 is 14.6 Å². The number of fused-ring (bicyclic) bond motifs is 4. The quantitative estimate of drug-likeness (QED) is 0.0641. The van der Waals surface area contributed by atoms with Crippen molar-refractivity contribution >= 4 is 70.5 Å². The predicted octanol–water partition coefficient (Wildman–Crippen LogP) is 9.63. The van der Waals surface area contributed by atoms with E-state index >= 15 is 9.18 Å². The number of para-hydroxylation sites is 1. The first kappa shape index (κ1) is 43.5. The van der Waals surface area contributed by atoms with Crippen molar-refractivity contribution in [2.75, 3.05) is 24.5 Å². The average Bonchev–Trinajstić information content (AvgIpc) is 3.67. The number of alkyl halides is 3. The number of hydrazine groups is 1. The van der Waals surface area contributed by atoms with E-state index in [2.05, 4.69) is 10.4 Å². The number of anilines is 2. The number of carbonyl (C=O) groups is 4. The van der Waals surface area contributed by atoms with Gasteiger partial charge >= 0.3 is 6.18 Å². The van der Waals surface area contributed by atoms with Gasteiger partial charge in [0.25, 0.3) is 11.8 Å². The maximum Gasteiger partial charge on any atom is 0.417 e. The molecular weight excluding hydrogens is 891 g/mol. The molecule has 2 N–H and O–H groups in total. The maximum atomic E-state index is 15.5. The lowest BCUT2D eigenvalue weighted by atomic mass is 9.49. The van der Waals surface area contributed by atoms with Crippen molar-refractivity contribution in [1.29, 1.82) is 0 Å². The summed E-state index contributed by atoms with van der Waals surface area (Å²) in [5.74, 6) is -9.31. The SMILES string of the molecule is COc1ccc(OC)c(C=Cc2ccc(N3C(=O)[C@H]4[C@H](CC=C5[C@H]4C[C@H]4C(=O)N(Nc6ncc(C(F)(F)F)cc6Cl)C(=O)[C@@]4(c4ccc(Cl)cc4)[C@H]5c4cccc(F)c4O)C3=O)cc2)c1. The molecule has 1 saturated carbocycles. The second-order valence-corrected chi connectivity index (χ2v) is 17.0. The van der Waals surface area contributed by atoms with Gasteiger partial charge in [0.15, 0.2) is 17.4 Å². The number of halogens is 6. The van der Waals surface area contributed by atoms with Crippen LogP contribution in [0.4, 0.5) is 29.1 Å². The van der Waals surface area contributed by atoms with E-state index in [9.17, 15) is 32.7 Å². The summed E-state index contributed by atoms with van der Waals surface area (Å²) in [7, 11) is 3.12. The summed E-state index contributed by atoms with van der Waals surface area (Å²) in [6.07, 6.45) is 0.949. The van der Waals surface area contributed by atoms with Crippen molar-refractivity contribution in [2.45, 2.75) is 30.4 Å². The summed E-state index contributed by atoms with van der Waals surface area (Å²) in [4.78, 5) is 64.3. The van der Waals surface area contributed by atoms with Crippen molar-refractivity contribution in [3.8, 4) is 17.2 Å². The summed E-state index contributed by atoms with van der Waals surface area (Å²) >= 11 is 12.6. The number of rotatable bonds is 9. The number of amides is 4. The van der Waals surface area contributed by atoms with Crippen molar-refractivity contribution in [2.24, 2.45) is 23.7 Å². The van der Waals surface area contributed by atoms with Crippen LogP contribution in [0.3, 0.4) is 0 Å². The number of methoxy groups -OCH3 is 2. The predicted molar refractivity (Wildman–Crippen MR) is 232 cm³/mol. The summed E-state index contributed by atoms with van der Waals surface area (Å²) in [6.45, 7) is 0. The molecule has 4 aliphatic rings. The standard InChI is InChI=1S/C48H36Cl2F4N4O7/c1-64-30-16-19-38(65-2)25(20-30)9-6-24-7-14-29(15-8-24)57-43(60)32-18-17-31-34(39(32)45(57)62)22-35-44(61)58(56-42-36(50)21-27(23-55-42)48(52,53)54)46(63)47(35,26-10-12-28(49)13-11-26)40(31)33-4-3-5-37(51)41(33)59/h3-17,19-21,23,32,34-35,39-40,59H,18,22H2,1-2H3,(H,55,56)/t32-,34+,35-,39-,40+,47+/m0/s1. The third-order valence-electron chi connectivity index (χ3n) is 12.9. The Morgan fingerprint density at radius 3 is 2.29 bits per heavy atom. The lowest BCUT2D eigenvalue weighted by molar-refractivity contribution is -0.139. The molecule has 6 atom stereocenters. The van der Waals surface area contributed by atoms with E-state index in [1.54, 1.807) is 56.7 Å². The Morgan fingerprint density at radius 2 is 1.62 bits per heavy atom. The van der Waals surface area contributed by atoms with E-state index in [-0.39, 0.29) is 29.0 Å². The van der Waals surface area contributed by atoms with E-state index in [4.69, 9.17) is 32.7 Å². The number of nitrogens with one attached hydrogen (secondary N) is 1. The van der Waals surface area contributed by atoms with Crippen LogP contribution < -0.4 is 19.8 Å². The highest BCUT2D eigenvalue weighted by atomic mass is 35.5. The molecule has 0 unspecified atom stereocenters. The number of hydrogen-bond donors (Lipinski definition) is 2. The Morgan fingerprint density at radius 1 is 0.877 bits per heavy atom. The van der Waals surface area contributed by atoms with E-state index in [1.807, 2.05) is 18.2 Å². The number of phenolic OH excluding ortho intramolecular Hbond substituents is 1. The second-order valence-electron chi connectivity index (χ2n) is 16.1. The first-order chi connectivity index (χ1) is 31.1. The first-order valence-corrected chi connectivity index (χ1v) is 21.0. The molecule has 0 spiro atoms. The monoisotopic (exact) mass is 926 g/mol. The molecule has 0 bridgehead atoms. The lowest BCUT2D eigenvalue weighted by Gasteiger charge is -2.50. The molecule has 17 heteroatoms. The van der Waals surface area contributed by atoms with Gasteiger partial charge in [0, 0.05) is 28.3 Å². The fourth-order valence-corrected chi connectivity index (χ4v) is 10.4. The van der Waals surface area contributed by atoms with Crippen LogP contribution in [0.2, 0.25) is 10.0 Å². The van der Waals surface area contributed by atoms with Crippen molar-refractivity contribution in [3.63, 3.8) is 0 Å². The van der Waals surface area contributed by atoms with Crippen molar-refractivity contribution in [3.05, 3.63) is 153 Å². The zero-order chi connectivity index (χ0) is 46.1. The number of benzene rings is 4. The van der Waals surface area contributed by atoms with E-state index in [0.29, 0.717) is 40.0 Å². The Hall–Kier alpha value is -6.71. The molecule has 3 heterocycles. The fourth-order valence-electron chi connectivity index (χ4n) is 10.0. The minimum absolute atomic E-state index is 0.0316. The number of carbonyl (C=O) groups excluding carboxylic acids is 4. The van der Waals surface area contributed by atoms with Crippen molar-refractivity contribution < 1.29 is 51.3 Å². The highest BCUT2D eigenvalue weighted by Gasteiger charge is 2.71. The number of nitrogens with zero attached hydrogens (tertiary/aromatic N) is 3. The molecule has 2 aliphatic heterocycles. The van der Waals surface area contributed by atoms with Crippen LogP contribution in [0.5, 0.6) is 17.2 Å². The summed E-state index contributed by atoms with van der Waals surface area (Å²) in [5.41, 5.74) is 1.80. The van der Waals surface area contributed by atoms with Gasteiger partial charge in [-0.3, -0.25) is 29.5 Å². The molecule has 1 aromatic heterocycles. The van der Waals surface area contributed by atoms with Gasteiger partial charge in [-0.1, -0.05) is 83.4 Å². The summed E-state index contributed by atoms with van der Waals surface area (Å²) in [5, 5.41) is 11.8. The molecular formula is C48H36Cl2F4N4O7. The zero-order valence-electron chi connectivity index (χ0n) is 34.3. The van der Waals surface area contributed by atoms with Crippen LogP contribution in [0.1, 0.15) is 46.6 Å². The third kappa shape index (κ3) is 7.08. The van der Waals surface area contributed by atoms with Crippen LogP contribution in [-0.2, 0) is 30.8 Å². The first-order valence-electron chi connectivity index (χ1n) is 20.3. The van der Waals surface area contributed by atoms with Crippen LogP contribution in [0, 0.1) is 29.5 Å². The van der Waals surface area contributed by atoms with Gasteiger partial charge in [0.1, 0.15) is 11.5 Å². The molecule has 9 rings (SSSR count). The average molecular weight is 928 g/mol. The highest BCUT2D eigenvalue weighted by Crippen LogP contribution is 2.65. The van der Waals surface area contributed by atoms with Crippen LogP contribution in [0.25, 0.3) is 12.2 Å². The van der Waals surface area contributed by atoms with Crippen LogP contribution in [0.15, 0.2) is 109 Å². The van der Waals surface area contributed by atoms with Crippen molar-refractivity contribution in [1.82, 2.24) is 9.99 Å². The number of allylic oxidation sites excluding steroid dienone is 2. The molecule has 3 fully saturated rings. The van der Waals surface area contributed by atoms with E-state index in [1.165, 1.54) is 36.4 Å². The van der Waals surface area contributed by atoms with Gasteiger partial charge in [-0.05, 0) is 84.5 Å². The van der Waals surface area contributed by atoms with E-state index < -0.39 is 92.8 Å². The number of phenols is 1. The smallest absolute Gasteiger partial charge is 0.417 e. The van der Waals surface area contributed by atoms with Gasteiger partial charge in [-0.25, -0.2) is 9.37 Å². The fraction of sp³-hybridized carbons (Fsp3) is 0.229. The number of aromatic hydroxyl groups is 1. The van der Waals surface area contributed by atoms with Gasteiger partial charge in [-0.2, -0.15) is 18.2 Å². The number of pyridine rings is 1. The normalized spacial score (nSPS) is 23.9. The highest BCUT2D eigenvalue weighted by molar-refractivity contribution is 6.33. The number of hydrogen-bond acceptors (Lipinski definition) is 9. The van der Waals surface area contributed by atoms with Gasteiger partial charge in [0.05, 0.1) is 53.7 Å². The minimum Gasteiger partial charge on any atom is -0.505 e. The summed E-state index contributed by atoms with van der Waals surface area (Å²) < 4.78 is 67.0. The Balaban J connectivity index is 1.12. The number of imide groups is 2. The topological polar surface area (TPSA) is 138 Å².